The van der Waals surface area contributed by atoms with Crippen molar-refractivity contribution in [2.75, 3.05) is 26.3 Å². The molecule has 1 heterocycles. The van der Waals surface area contributed by atoms with Crippen molar-refractivity contribution in [2.45, 2.75) is 33.1 Å². The largest absolute Gasteiger partial charge is 0.381 e. The maximum atomic E-state index is 5.36. The summed E-state index contributed by atoms with van der Waals surface area (Å²) in [5.41, 5.74) is 1.54. The van der Waals surface area contributed by atoms with Gasteiger partial charge in [0.15, 0.2) is 0 Å². The van der Waals surface area contributed by atoms with Crippen LogP contribution in [0.4, 0.5) is 0 Å². The van der Waals surface area contributed by atoms with Gasteiger partial charge in [0, 0.05) is 19.1 Å². The van der Waals surface area contributed by atoms with Gasteiger partial charge in [-0.05, 0) is 25.8 Å². The van der Waals surface area contributed by atoms with E-state index in [1.54, 1.807) is 0 Å². The molecular weight excluding hydrogens is 174 g/mol. The number of ether oxygens (including phenoxy) is 1. The van der Waals surface area contributed by atoms with Crippen LogP contribution in [0.3, 0.4) is 0 Å². The fraction of sp³-hybridized carbons (Fsp3) is 0.833. The van der Waals surface area contributed by atoms with E-state index in [2.05, 4.69) is 25.2 Å². The molecule has 0 aliphatic carbocycles. The molecular formula is C12H23NO. The summed E-state index contributed by atoms with van der Waals surface area (Å²) in [7, 11) is 0. The number of rotatable bonds is 6. The summed E-state index contributed by atoms with van der Waals surface area (Å²) >= 11 is 0. The van der Waals surface area contributed by atoms with E-state index in [9.17, 15) is 0 Å². The van der Waals surface area contributed by atoms with Crippen molar-refractivity contribution >= 4 is 0 Å². The molecule has 1 N–H and O–H groups in total. The normalized spacial score (nSPS) is 23.0. The van der Waals surface area contributed by atoms with Gasteiger partial charge < -0.3 is 10.1 Å². The summed E-state index contributed by atoms with van der Waals surface area (Å²) in [5.74, 6) is 0.674. The van der Waals surface area contributed by atoms with E-state index in [1.165, 1.54) is 18.4 Å². The molecule has 0 bridgehead atoms. The van der Waals surface area contributed by atoms with Gasteiger partial charge in [-0.15, -0.1) is 0 Å². The molecule has 2 heteroatoms. The fourth-order valence-corrected chi connectivity index (χ4v) is 1.75. The highest BCUT2D eigenvalue weighted by Gasteiger charge is 2.13. The van der Waals surface area contributed by atoms with Crippen LogP contribution in [0.25, 0.3) is 0 Å². The lowest BCUT2D eigenvalue weighted by molar-refractivity contribution is 0.191. The molecule has 14 heavy (non-hydrogen) atoms. The van der Waals surface area contributed by atoms with Crippen LogP contribution >= 0.6 is 0 Å². The average molecular weight is 197 g/mol. The molecule has 0 aromatic rings. The zero-order valence-electron chi connectivity index (χ0n) is 9.51. The number of hydrogen-bond acceptors (Lipinski definition) is 2. The van der Waals surface area contributed by atoms with Crippen LogP contribution < -0.4 is 5.32 Å². The summed E-state index contributed by atoms with van der Waals surface area (Å²) in [6, 6.07) is 0. The molecule has 1 aliphatic heterocycles. The zero-order chi connectivity index (χ0) is 10.2. The van der Waals surface area contributed by atoms with E-state index in [0.29, 0.717) is 5.92 Å². The van der Waals surface area contributed by atoms with Crippen LogP contribution in [0, 0.1) is 5.92 Å². The van der Waals surface area contributed by atoms with Gasteiger partial charge in [-0.25, -0.2) is 0 Å². The molecule has 1 aliphatic rings. The summed E-state index contributed by atoms with van der Waals surface area (Å²) in [6.07, 6.45) is 5.99. The molecule has 2 nitrogen and oxygen atoms in total. The lowest BCUT2D eigenvalue weighted by atomic mass is 10.0. The third kappa shape index (κ3) is 4.25. The SMILES string of the molecule is CCCNC/C(=C\C1CCOC1)CC. The van der Waals surface area contributed by atoms with Gasteiger partial charge in [0.1, 0.15) is 0 Å². The van der Waals surface area contributed by atoms with Gasteiger partial charge in [-0.1, -0.05) is 25.5 Å². The molecule has 1 rings (SSSR count). The van der Waals surface area contributed by atoms with Crippen molar-refractivity contribution in [1.82, 2.24) is 5.32 Å². The van der Waals surface area contributed by atoms with Gasteiger partial charge in [0.2, 0.25) is 0 Å². The van der Waals surface area contributed by atoms with Crippen molar-refractivity contribution in [3.63, 3.8) is 0 Å². The Labute approximate surface area is 87.7 Å². The Balaban J connectivity index is 2.27. The third-order valence-corrected chi connectivity index (χ3v) is 2.67. The summed E-state index contributed by atoms with van der Waals surface area (Å²) in [6.45, 7) is 8.49. The molecule has 0 radical (unpaired) electrons. The molecule has 0 aromatic carbocycles. The van der Waals surface area contributed by atoms with Gasteiger partial charge in [-0.2, -0.15) is 0 Å². The Kier molecular flexibility index (Phi) is 5.88. The maximum absolute atomic E-state index is 5.36. The zero-order valence-corrected chi connectivity index (χ0v) is 9.51. The van der Waals surface area contributed by atoms with Gasteiger partial charge >= 0.3 is 0 Å². The van der Waals surface area contributed by atoms with Gasteiger partial charge in [0.05, 0.1) is 6.61 Å². The second kappa shape index (κ2) is 7.02. The lowest BCUT2D eigenvalue weighted by Crippen LogP contribution is -2.18. The van der Waals surface area contributed by atoms with E-state index in [0.717, 1.165) is 32.7 Å². The molecule has 0 spiro atoms. The van der Waals surface area contributed by atoms with Crippen molar-refractivity contribution in [2.24, 2.45) is 5.92 Å². The van der Waals surface area contributed by atoms with Crippen molar-refractivity contribution < 1.29 is 4.74 Å². The first-order chi connectivity index (χ1) is 6.86. The van der Waals surface area contributed by atoms with E-state index >= 15 is 0 Å². The minimum Gasteiger partial charge on any atom is -0.381 e. The van der Waals surface area contributed by atoms with Crippen LogP contribution in [0.1, 0.15) is 33.1 Å². The fourth-order valence-electron chi connectivity index (χ4n) is 1.75. The molecule has 1 saturated heterocycles. The third-order valence-electron chi connectivity index (χ3n) is 2.67. The first-order valence-electron chi connectivity index (χ1n) is 5.84. The Morgan fingerprint density at radius 2 is 2.36 bits per heavy atom. The standard InChI is InChI=1S/C12H23NO/c1-3-6-13-9-11(4-2)8-12-5-7-14-10-12/h8,12-13H,3-7,9-10H2,1-2H3/b11-8-. The maximum Gasteiger partial charge on any atom is 0.0529 e. The Morgan fingerprint density at radius 3 is 2.93 bits per heavy atom. The average Bonchev–Trinajstić information content (AvgIpc) is 2.69. The van der Waals surface area contributed by atoms with Crippen LogP contribution in [0.5, 0.6) is 0 Å². The van der Waals surface area contributed by atoms with Gasteiger partial charge in [-0.3, -0.25) is 0 Å². The van der Waals surface area contributed by atoms with Crippen LogP contribution in [0.2, 0.25) is 0 Å². The highest BCUT2D eigenvalue weighted by molar-refractivity contribution is 5.06. The van der Waals surface area contributed by atoms with Crippen molar-refractivity contribution in [1.29, 1.82) is 0 Å². The van der Waals surface area contributed by atoms with E-state index in [4.69, 9.17) is 4.74 Å². The van der Waals surface area contributed by atoms with E-state index < -0.39 is 0 Å². The van der Waals surface area contributed by atoms with Gasteiger partial charge in [0.25, 0.3) is 0 Å². The van der Waals surface area contributed by atoms with E-state index in [-0.39, 0.29) is 0 Å². The van der Waals surface area contributed by atoms with Crippen molar-refractivity contribution in [3.8, 4) is 0 Å². The Bertz CT molecular complexity index is 171. The van der Waals surface area contributed by atoms with E-state index in [1.807, 2.05) is 0 Å². The second-order valence-electron chi connectivity index (χ2n) is 3.98. The predicted octanol–water partition coefficient (Wildman–Crippen LogP) is 2.36. The highest BCUT2D eigenvalue weighted by atomic mass is 16.5. The summed E-state index contributed by atoms with van der Waals surface area (Å²) < 4.78 is 5.36. The molecule has 0 amide bonds. The quantitative estimate of drug-likeness (QED) is 0.521. The smallest absolute Gasteiger partial charge is 0.0529 e. The topological polar surface area (TPSA) is 21.3 Å². The molecule has 82 valence electrons. The molecule has 0 saturated carbocycles. The first kappa shape index (κ1) is 11.7. The predicted molar refractivity (Wildman–Crippen MR) is 60.5 cm³/mol. The molecule has 1 fully saturated rings. The first-order valence-corrected chi connectivity index (χ1v) is 5.84. The molecule has 1 atom stereocenters. The second-order valence-corrected chi connectivity index (χ2v) is 3.98. The van der Waals surface area contributed by atoms with Crippen LogP contribution in [-0.2, 0) is 4.74 Å². The molecule has 1 unspecified atom stereocenters. The minimum absolute atomic E-state index is 0.674. The number of hydrogen-bond donors (Lipinski definition) is 1. The Morgan fingerprint density at radius 1 is 1.50 bits per heavy atom. The monoisotopic (exact) mass is 197 g/mol. The Hall–Kier alpha value is -0.340. The van der Waals surface area contributed by atoms with Crippen LogP contribution in [0.15, 0.2) is 11.6 Å². The van der Waals surface area contributed by atoms with Crippen molar-refractivity contribution in [3.05, 3.63) is 11.6 Å². The lowest BCUT2D eigenvalue weighted by Gasteiger charge is -2.08. The summed E-state index contributed by atoms with van der Waals surface area (Å²) in [5, 5.41) is 3.45. The highest BCUT2D eigenvalue weighted by Crippen LogP contribution is 2.16. The minimum atomic E-state index is 0.674. The van der Waals surface area contributed by atoms with Crippen LogP contribution in [-0.4, -0.2) is 26.3 Å². The molecule has 0 aromatic heterocycles. The summed E-state index contributed by atoms with van der Waals surface area (Å²) in [4.78, 5) is 0. The number of nitrogens with one attached hydrogen (secondary N) is 1.